The van der Waals surface area contributed by atoms with Crippen molar-refractivity contribution < 1.29 is 20.1 Å². The SMILES string of the molecule is CC[C@H](C(=O)O)[C@@H](O)[C@@H](O)n1cnc2c(NC)nc(C#Cc3cccs3)nc21. The molecule has 0 saturated carbocycles. The Balaban J connectivity index is 2.04. The number of aromatic nitrogens is 4. The van der Waals surface area contributed by atoms with Crippen LogP contribution in [-0.4, -0.2) is 54.0 Å². The maximum Gasteiger partial charge on any atom is 0.309 e. The van der Waals surface area contributed by atoms with Gasteiger partial charge in [0.05, 0.1) is 17.1 Å². The van der Waals surface area contributed by atoms with Gasteiger partial charge in [-0.3, -0.25) is 9.36 Å². The van der Waals surface area contributed by atoms with Crippen LogP contribution in [0, 0.1) is 17.8 Å². The summed E-state index contributed by atoms with van der Waals surface area (Å²) in [6.45, 7) is 1.63. The molecule has 0 aliphatic heterocycles. The van der Waals surface area contributed by atoms with Crippen LogP contribution in [0.2, 0.25) is 0 Å². The third-order valence-electron chi connectivity index (χ3n) is 4.24. The van der Waals surface area contributed by atoms with Gasteiger partial charge in [-0.1, -0.05) is 13.0 Å². The van der Waals surface area contributed by atoms with Crippen LogP contribution in [-0.2, 0) is 4.79 Å². The first-order chi connectivity index (χ1) is 13.5. The topological polar surface area (TPSA) is 133 Å². The molecule has 0 radical (unpaired) electrons. The van der Waals surface area contributed by atoms with E-state index < -0.39 is 24.2 Å². The summed E-state index contributed by atoms with van der Waals surface area (Å²) in [5.41, 5.74) is 0.611. The number of carbonyl (C=O) groups is 1. The Labute approximate surface area is 164 Å². The van der Waals surface area contributed by atoms with Crippen LogP contribution < -0.4 is 5.32 Å². The second-order valence-corrected chi connectivity index (χ2v) is 6.90. The zero-order chi connectivity index (χ0) is 20.3. The van der Waals surface area contributed by atoms with Gasteiger partial charge in [-0.25, -0.2) is 15.0 Å². The van der Waals surface area contributed by atoms with E-state index in [0.29, 0.717) is 11.3 Å². The first kappa shape index (κ1) is 19.8. The highest BCUT2D eigenvalue weighted by atomic mass is 32.1. The third kappa shape index (κ3) is 3.82. The molecule has 28 heavy (non-hydrogen) atoms. The van der Waals surface area contributed by atoms with Gasteiger partial charge in [0.15, 0.2) is 23.2 Å². The van der Waals surface area contributed by atoms with E-state index in [1.165, 1.54) is 22.2 Å². The van der Waals surface area contributed by atoms with Crippen molar-refractivity contribution >= 4 is 34.3 Å². The Morgan fingerprint density at radius 1 is 1.36 bits per heavy atom. The van der Waals surface area contributed by atoms with Crippen LogP contribution in [0.3, 0.4) is 0 Å². The fourth-order valence-electron chi connectivity index (χ4n) is 2.74. The van der Waals surface area contributed by atoms with Gasteiger partial charge in [-0.05, 0) is 29.7 Å². The molecule has 0 unspecified atom stereocenters. The molecule has 3 rings (SSSR count). The molecule has 146 valence electrons. The van der Waals surface area contributed by atoms with E-state index >= 15 is 0 Å². The summed E-state index contributed by atoms with van der Waals surface area (Å²) in [5.74, 6) is 4.13. The highest BCUT2D eigenvalue weighted by molar-refractivity contribution is 7.10. The molecule has 3 atom stereocenters. The summed E-state index contributed by atoms with van der Waals surface area (Å²) in [6, 6.07) is 3.76. The summed E-state index contributed by atoms with van der Waals surface area (Å²) >= 11 is 1.49. The first-order valence-electron chi connectivity index (χ1n) is 8.53. The van der Waals surface area contributed by atoms with E-state index in [9.17, 15) is 20.1 Å². The van der Waals surface area contributed by atoms with Gasteiger partial charge in [-0.2, -0.15) is 0 Å². The fourth-order valence-corrected chi connectivity index (χ4v) is 3.31. The number of hydrogen-bond donors (Lipinski definition) is 4. The molecule has 3 aromatic rings. The van der Waals surface area contributed by atoms with Crippen molar-refractivity contribution in [3.63, 3.8) is 0 Å². The van der Waals surface area contributed by atoms with Gasteiger partial charge in [0, 0.05) is 7.05 Å². The summed E-state index contributed by atoms with van der Waals surface area (Å²) in [5, 5.41) is 35.0. The number of anilines is 1. The standard InChI is InChI=1S/C18H19N5O4S/c1-3-11(18(26)27)14(24)17(25)23-9-20-13-15(19-2)21-12(22-16(13)23)7-6-10-5-4-8-28-10/h4-5,8-9,11,14,17,24-25H,3H2,1-2H3,(H,26,27)(H,19,21,22)/t11-,14+,17+/m0/s1. The number of hydrogen-bond acceptors (Lipinski definition) is 8. The summed E-state index contributed by atoms with van der Waals surface area (Å²) in [6.07, 6.45) is -1.62. The number of aliphatic hydroxyl groups excluding tert-OH is 2. The highest BCUT2D eigenvalue weighted by Gasteiger charge is 2.32. The molecule has 3 aromatic heterocycles. The number of nitrogens with one attached hydrogen (secondary N) is 1. The Morgan fingerprint density at radius 2 is 2.14 bits per heavy atom. The second kappa shape index (κ2) is 8.35. The lowest BCUT2D eigenvalue weighted by Crippen LogP contribution is -2.35. The molecule has 10 heteroatoms. The van der Waals surface area contributed by atoms with E-state index in [4.69, 9.17) is 0 Å². The third-order valence-corrected chi connectivity index (χ3v) is 5.02. The molecular weight excluding hydrogens is 382 g/mol. The number of fused-ring (bicyclic) bond motifs is 1. The summed E-state index contributed by atoms with van der Waals surface area (Å²) in [7, 11) is 1.67. The fraction of sp³-hybridized carbons (Fsp3) is 0.333. The number of carboxylic acids is 1. The van der Waals surface area contributed by atoms with Crippen molar-refractivity contribution in [2.45, 2.75) is 25.7 Å². The Bertz CT molecular complexity index is 1040. The predicted octanol–water partition coefficient (Wildman–Crippen LogP) is 1.29. The van der Waals surface area contributed by atoms with Crippen molar-refractivity contribution in [2.24, 2.45) is 5.92 Å². The van der Waals surface area contributed by atoms with Crippen molar-refractivity contribution in [3.05, 3.63) is 34.5 Å². The molecule has 0 amide bonds. The Kier molecular flexibility index (Phi) is 5.89. The van der Waals surface area contributed by atoms with E-state index in [0.717, 1.165) is 4.88 Å². The van der Waals surface area contributed by atoms with Crippen molar-refractivity contribution in [3.8, 4) is 11.8 Å². The van der Waals surface area contributed by atoms with Crippen molar-refractivity contribution in [1.29, 1.82) is 0 Å². The van der Waals surface area contributed by atoms with Gasteiger partial charge in [0.25, 0.3) is 0 Å². The normalized spacial score (nSPS) is 14.1. The maximum absolute atomic E-state index is 11.3. The molecule has 0 bridgehead atoms. The molecule has 0 aliphatic rings. The van der Waals surface area contributed by atoms with Gasteiger partial charge in [0.1, 0.15) is 6.10 Å². The molecule has 4 N–H and O–H groups in total. The number of nitrogens with zero attached hydrogens (tertiary/aromatic N) is 4. The number of aliphatic hydroxyl groups is 2. The zero-order valence-corrected chi connectivity index (χ0v) is 16.0. The second-order valence-electron chi connectivity index (χ2n) is 5.95. The largest absolute Gasteiger partial charge is 0.481 e. The summed E-state index contributed by atoms with van der Waals surface area (Å²) < 4.78 is 1.23. The number of thiophene rings is 1. The number of carboxylic acid groups (broad SMARTS) is 1. The molecule has 0 aromatic carbocycles. The molecular formula is C18H19N5O4S. The lowest BCUT2D eigenvalue weighted by Gasteiger charge is -2.23. The van der Waals surface area contributed by atoms with Crippen LogP contribution in [0.15, 0.2) is 23.8 Å². The maximum atomic E-state index is 11.3. The van der Waals surface area contributed by atoms with Gasteiger partial charge in [-0.15, -0.1) is 11.3 Å². The van der Waals surface area contributed by atoms with E-state index in [1.807, 2.05) is 17.5 Å². The van der Waals surface area contributed by atoms with Crippen molar-refractivity contribution in [1.82, 2.24) is 19.5 Å². The van der Waals surface area contributed by atoms with Crippen LogP contribution in [0.5, 0.6) is 0 Å². The molecule has 0 spiro atoms. The quantitative estimate of drug-likeness (QED) is 0.454. The van der Waals surface area contributed by atoms with Crippen LogP contribution >= 0.6 is 11.3 Å². The zero-order valence-electron chi connectivity index (χ0n) is 15.2. The Hall–Kier alpha value is -3.00. The van der Waals surface area contributed by atoms with Gasteiger partial charge < -0.3 is 20.6 Å². The number of aliphatic carboxylic acids is 1. The van der Waals surface area contributed by atoms with Crippen LogP contribution in [0.4, 0.5) is 5.82 Å². The minimum Gasteiger partial charge on any atom is -0.481 e. The minimum absolute atomic E-state index is 0.161. The van der Waals surface area contributed by atoms with Gasteiger partial charge >= 0.3 is 5.97 Å². The van der Waals surface area contributed by atoms with E-state index in [-0.39, 0.29) is 17.9 Å². The van der Waals surface area contributed by atoms with Gasteiger partial charge in [0.2, 0.25) is 5.82 Å². The van der Waals surface area contributed by atoms with E-state index in [1.54, 1.807) is 14.0 Å². The summed E-state index contributed by atoms with van der Waals surface area (Å²) in [4.78, 5) is 25.0. The molecule has 3 heterocycles. The lowest BCUT2D eigenvalue weighted by atomic mass is 9.98. The number of rotatable bonds is 6. The highest BCUT2D eigenvalue weighted by Crippen LogP contribution is 2.25. The predicted molar refractivity (Wildman–Crippen MR) is 104 cm³/mol. The van der Waals surface area contributed by atoms with Crippen molar-refractivity contribution in [2.75, 3.05) is 12.4 Å². The average Bonchev–Trinajstić information content (AvgIpc) is 3.35. The lowest BCUT2D eigenvalue weighted by molar-refractivity contribution is -0.152. The molecule has 0 fully saturated rings. The molecule has 0 aliphatic carbocycles. The molecule has 9 nitrogen and oxygen atoms in total. The first-order valence-corrected chi connectivity index (χ1v) is 9.41. The Morgan fingerprint density at radius 3 is 2.75 bits per heavy atom. The number of imidazole rings is 1. The minimum atomic E-state index is -1.54. The van der Waals surface area contributed by atoms with E-state index in [2.05, 4.69) is 32.1 Å². The van der Waals surface area contributed by atoms with Crippen LogP contribution in [0.25, 0.3) is 11.2 Å². The smallest absolute Gasteiger partial charge is 0.309 e. The van der Waals surface area contributed by atoms with Crippen LogP contribution in [0.1, 0.15) is 30.3 Å². The monoisotopic (exact) mass is 401 g/mol. The average molecular weight is 401 g/mol. The molecule has 0 saturated heterocycles.